The lowest BCUT2D eigenvalue weighted by Gasteiger charge is -2.35. The molecule has 0 atom stereocenters. The number of pyridine rings is 1. The molecule has 0 unspecified atom stereocenters. The van der Waals surface area contributed by atoms with Gasteiger partial charge in [0.2, 0.25) is 0 Å². The normalized spacial score (nSPS) is 19.3. The van der Waals surface area contributed by atoms with Crippen molar-refractivity contribution in [2.45, 2.75) is 45.2 Å². The minimum Gasteiger partial charge on any atom is -0.335 e. The molecule has 0 radical (unpaired) electrons. The van der Waals surface area contributed by atoms with Crippen molar-refractivity contribution in [2.24, 2.45) is 0 Å². The Balaban J connectivity index is 1.27. The van der Waals surface area contributed by atoms with Crippen molar-refractivity contribution >= 4 is 17.2 Å². The molecule has 0 spiro atoms. The Morgan fingerprint density at radius 2 is 1.96 bits per heavy atom. The first kappa shape index (κ1) is 17.3. The number of imidazole rings is 1. The van der Waals surface area contributed by atoms with Crippen LogP contribution in [0.4, 0.5) is 4.79 Å². The standard InChI is InChI=1S/C19H28N6O/c1-15-21-17-7-4-8-20-18(17)25(15)14-11-23-9-12-24(13-10-23)19(26)22-16-5-2-3-6-16/h4,7-8,16H,2-3,5-6,9-14H2,1H3,(H,22,26). The second-order valence-corrected chi connectivity index (χ2v) is 7.42. The molecule has 1 aliphatic heterocycles. The van der Waals surface area contributed by atoms with E-state index in [0.29, 0.717) is 6.04 Å². The number of urea groups is 1. The number of fused-ring (bicyclic) bond motifs is 1. The highest BCUT2D eigenvalue weighted by Crippen LogP contribution is 2.18. The molecule has 2 aromatic rings. The van der Waals surface area contributed by atoms with Crippen LogP contribution in [0.5, 0.6) is 0 Å². The Bertz CT molecular complexity index is 758. The zero-order valence-electron chi connectivity index (χ0n) is 15.5. The van der Waals surface area contributed by atoms with E-state index in [1.165, 1.54) is 12.8 Å². The number of hydrogen-bond donors (Lipinski definition) is 1. The molecule has 26 heavy (non-hydrogen) atoms. The maximum Gasteiger partial charge on any atom is 0.317 e. The molecule has 2 amide bonds. The van der Waals surface area contributed by atoms with Gasteiger partial charge in [-0.05, 0) is 31.9 Å². The van der Waals surface area contributed by atoms with E-state index in [9.17, 15) is 4.79 Å². The first-order valence-electron chi connectivity index (χ1n) is 9.76. The Kier molecular flexibility index (Phi) is 5.06. The lowest BCUT2D eigenvalue weighted by Crippen LogP contribution is -2.53. The third kappa shape index (κ3) is 3.67. The van der Waals surface area contributed by atoms with E-state index in [4.69, 9.17) is 0 Å². The Morgan fingerprint density at radius 1 is 1.19 bits per heavy atom. The molecule has 3 heterocycles. The van der Waals surface area contributed by atoms with Gasteiger partial charge >= 0.3 is 6.03 Å². The van der Waals surface area contributed by atoms with Gasteiger partial charge < -0.3 is 14.8 Å². The summed E-state index contributed by atoms with van der Waals surface area (Å²) in [5, 5.41) is 3.19. The molecule has 2 aliphatic rings. The van der Waals surface area contributed by atoms with Crippen LogP contribution >= 0.6 is 0 Å². The van der Waals surface area contributed by atoms with Crippen LogP contribution in [0.3, 0.4) is 0 Å². The molecule has 2 aromatic heterocycles. The van der Waals surface area contributed by atoms with E-state index in [1.807, 2.05) is 30.2 Å². The van der Waals surface area contributed by atoms with Gasteiger partial charge in [-0.2, -0.15) is 0 Å². The maximum atomic E-state index is 12.4. The maximum absolute atomic E-state index is 12.4. The Hall–Kier alpha value is -2.15. The first-order chi connectivity index (χ1) is 12.7. The van der Waals surface area contributed by atoms with E-state index < -0.39 is 0 Å². The number of nitrogens with one attached hydrogen (secondary N) is 1. The van der Waals surface area contributed by atoms with Gasteiger partial charge in [-0.1, -0.05) is 12.8 Å². The monoisotopic (exact) mass is 356 g/mol. The third-order valence-corrected chi connectivity index (χ3v) is 5.68. The molecule has 0 bridgehead atoms. The second kappa shape index (κ2) is 7.61. The summed E-state index contributed by atoms with van der Waals surface area (Å²) in [6.45, 7) is 7.34. The number of rotatable bonds is 4. The summed E-state index contributed by atoms with van der Waals surface area (Å²) in [6, 6.07) is 4.45. The molecule has 7 nitrogen and oxygen atoms in total. The highest BCUT2D eigenvalue weighted by atomic mass is 16.2. The fraction of sp³-hybridized carbons (Fsp3) is 0.632. The van der Waals surface area contributed by atoms with Crippen molar-refractivity contribution in [3.63, 3.8) is 0 Å². The number of piperazine rings is 1. The lowest BCUT2D eigenvalue weighted by molar-refractivity contribution is 0.135. The number of aromatic nitrogens is 3. The zero-order valence-corrected chi connectivity index (χ0v) is 15.5. The summed E-state index contributed by atoms with van der Waals surface area (Å²) in [5.41, 5.74) is 1.91. The first-order valence-corrected chi connectivity index (χ1v) is 9.76. The van der Waals surface area contributed by atoms with Crippen LogP contribution in [0.1, 0.15) is 31.5 Å². The van der Waals surface area contributed by atoms with Crippen LogP contribution in [-0.4, -0.2) is 69.1 Å². The van der Waals surface area contributed by atoms with Gasteiger partial charge in [0, 0.05) is 51.5 Å². The fourth-order valence-electron chi connectivity index (χ4n) is 4.09. The molecule has 1 aliphatic carbocycles. The number of carbonyl (C=O) groups is 1. The number of carbonyl (C=O) groups excluding carboxylic acids is 1. The fourth-order valence-corrected chi connectivity index (χ4v) is 4.09. The van der Waals surface area contributed by atoms with Gasteiger partial charge in [0.15, 0.2) is 5.65 Å². The minimum absolute atomic E-state index is 0.122. The van der Waals surface area contributed by atoms with Crippen molar-refractivity contribution in [3.8, 4) is 0 Å². The largest absolute Gasteiger partial charge is 0.335 e. The Labute approximate surface area is 154 Å². The van der Waals surface area contributed by atoms with Crippen molar-refractivity contribution in [1.29, 1.82) is 0 Å². The van der Waals surface area contributed by atoms with E-state index >= 15 is 0 Å². The van der Waals surface area contributed by atoms with Gasteiger partial charge in [-0.25, -0.2) is 14.8 Å². The highest BCUT2D eigenvalue weighted by Gasteiger charge is 2.24. The number of nitrogens with zero attached hydrogens (tertiary/aromatic N) is 5. The van der Waals surface area contributed by atoms with Crippen molar-refractivity contribution in [1.82, 2.24) is 29.7 Å². The predicted octanol–water partition coefficient (Wildman–Crippen LogP) is 2.01. The van der Waals surface area contributed by atoms with Crippen LogP contribution in [0, 0.1) is 6.92 Å². The van der Waals surface area contributed by atoms with Crippen molar-refractivity contribution in [3.05, 3.63) is 24.2 Å². The summed E-state index contributed by atoms with van der Waals surface area (Å²) in [6.07, 6.45) is 6.59. The topological polar surface area (TPSA) is 66.3 Å². The van der Waals surface area contributed by atoms with E-state index in [0.717, 1.165) is 69.1 Å². The molecule has 1 N–H and O–H groups in total. The predicted molar refractivity (Wildman–Crippen MR) is 101 cm³/mol. The van der Waals surface area contributed by atoms with Gasteiger partial charge in [-0.3, -0.25) is 4.90 Å². The van der Waals surface area contributed by atoms with Gasteiger partial charge in [0.25, 0.3) is 0 Å². The van der Waals surface area contributed by atoms with Crippen LogP contribution in [-0.2, 0) is 6.54 Å². The van der Waals surface area contributed by atoms with Gasteiger partial charge in [0.05, 0.1) is 0 Å². The van der Waals surface area contributed by atoms with Crippen LogP contribution < -0.4 is 5.32 Å². The van der Waals surface area contributed by atoms with E-state index in [1.54, 1.807) is 0 Å². The molecule has 4 rings (SSSR count). The molecule has 1 saturated heterocycles. The van der Waals surface area contributed by atoms with Crippen LogP contribution in [0.15, 0.2) is 18.3 Å². The van der Waals surface area contributed by atoms with Gasteiger partial charge in [-0.15, -0.1) is 0 Å². The van der Waals surface area contributed by atoms with E-state index in [2.05, 4.69) is 24.8 Å². The summed E-state index contributed by atoms with van der Waals surface area (Å²) in [4.78, 5) is 25.8. The Morgan fingerprint density at radius 3 is 2.73 bits per heavy atom. The number of aryl methyl sites for hydroxylation is 1. The molecule has 0 aromatic carbocycles. The molecule has 140 valence electrons. The lowest BCUT2D eigenvalue weighted by atomic mass is 10.2. The number of amides is 2. The van der Waals surface area contributed by atoms with Crippen molar-refractivity contribution < 1.29 is 4.79 Å². The zero-order chi connectivity index (χ0) is 17.9. The van der Waals surface area contributed by atoms with Crippen molar-refractivity contribution in [2.75, 3.05) is 32.7 Å². The third-order valence-electron chi connectivity index (χ3n) is 5.68. The second-order valence-electron chi connectivity index (χ2n) is 7.42. The molecular formula is C19H28N6O. The molecule has 1 saturated carbocycles. The number of hydrogen-bond acceptors (Lipinski definition) is 4. The molecular weight excluding hydrogens is 328 g/mol. The minimum atomic E-state index is 0.122. The van der Waals surface area contributed by atoms with E-state index in [-0.39, 0.29) is 6.03 Å². The summed E-state index contributed by atoms with van der Waals surface area (Å²) < 4.78 is 2.19. The molecule has 7 heteroatoms. The summed E-state index contributed by atoms with van der Waals surface area (Å²) in [7, 11) is 0. The molecule has 2 fully saturated rings. The quantitative estimate of drug-likeness (QED) is 0.910. The smallest absolute Gasteiger partial charge is 0.317 e. The van der Waals surface area contributed by atoms with Crippen LogP contribution in [0.25, 0.3) is 11.2 Å². The van der Waals surface area contributed by atoms with Crippen LogP contribution in [0.2, 0.25) is 0 Å². The SMILES string of the molecule is Cc1nc2cccnc2n1CCN1CCN(C(=O)NC2CCCC2)CC1. The van der Waals surface area contributed by atoms with Gasteiger partial charge in [0.1, 0.15) is 11.3 Å². The summed E-state index contributed by atoms with van der Waals surface area (Å²) in [5.74, 6) is 1.01. The average Bonchev–Trinajstić information content (AvgIpc) is 3.27. The average molecular weight is 356 g/mol. The highest BCUT2D eigenvalue weighted by molar-refractivity contribution is 5.74. The summed E-state index contributed by atoms with van der Waals surface area (Å²) >= 11 is 0.